The lowest BCUT2D eigenvalue weighted by molar-refractivity contribution is -0.385. The summed E-state index contributed by atoms with van der Waals surface area (Å²) in [7, 11) is 1.34. The Hall–Kier alpha value is -3.61. The number of furan rings is 1. The normalized spacial score (nSPS) is 11.6. The number of ether oxygens (including phenoxy) is 1. The first-order valence-electron chi connectivity index (χ1n) is 7.82. The number of hydrogen-bond acceptors (Lipinski definition) is 5. The molecule has 1 aromatic heterocycles. The van der Waals surface area contributed by atoms with Crippen LogP contribution >= 0.6 is 0 Å². The van der Waals surface area contributed by atoms with Crippen molar-refractivity contribution in [1.29, 1.82) is 0 Å². The van der Waals surface area contributed by atoms with Crippen molar-refractivity contribution in [2.75, 3.05) is 7.11 Å². The van der Waals surface area contributed by atoms with Gasteiger partial charge in [-0.1, -0.05) is 30.3 Å². The van der Waals surface area contributed by atoms with Crippen LogP contribution in [0, 0.1) is 10.1 Å². The predicted octanol–water partition coefficient (Wildman–Crippen LogP) is 3.72. The Labute approximate surface area is 149 Å². The molecular weight excluding hydrogens is 336 g/mol. The topological polar surface area (TPSA) is 94.6 Å². The van der Waals surface area contributed by atoms with Gasteiger partial charge in [-0.2, -0.15) is 0 Å². The largest absolute Gasteiger partial charge is 0.490 e. The summed E-state index contributed by atoms with van der Waals surface area (Å²) in [6.07, 6.45) is 1.52. The summed E-state index contributed by atoms with van der Waals surface area (Å²) in [4.78, 5) is 23.3. The summed E-state index contributed by atoms with van der Waals surface area (Å²) >= 11 is 0. The van der Waals surface area contributed by atoms with E-state index >= 15 is 0 Å². The lowest BCUT2D eigenvalue weighted by Crippen LogP contribution is -2.29. The number of carbonyl (C=O) groups is 1. The van der Waals surface area contributed by atoms with Crippen LogP contribution in [0.1, 0.15) is 27.7 Å². The van der Waals surface area contributed by atoms with Gasteiger partial charge in [0.25, 0.3) is 5.91 Å². The first-order valence-corrected chi connectivity index (χ1v) is 7.82. The second-order valence-corrected chi connectivity index (χ2v) is 5.48. The SMILES string of the molecule is COc1ccc(C(=O)N[C@@H](c2ccccc2)c2ccco2)cc1[N+](=O)[O-]. The molecule has 2 aromatic carbocycles. The predicted molar refractivity (Wildman–Crippen MR) is 94.1 cm³/mol. The van der Waals surface area contributed by atoms with E-state index in [1.807, 2.05) is 30.3 Å². The van der Waals surface area contributed by atoms with Gasteiger partial charge in [0.05, 0.1) is 18.3 Å². The highest BCUT2D eigenvalue weighted by Gasteiger charge is 2.23. The van der Waals surface area contributed by atoms with E-state index in [0.717, 1.165) is 5.56 Å². The van der Waals surface area contributed by atoms with Crippen molar-refractivity contribution in [3.05, 3.63) is 93.9 Å². The van der Waals surface area contributed by atoms with Gasteiger partial charge in [-0.3, -0.25) is 14.9 Å². The average Bonchev–Trinajstić information content (AvgIpc) is 3.20. The Balaban J connectivity index is 1.92. The second-order valence-electron chi connectivity index (χ2n) is 5.48. The van der Waals surface area contributed by atoms with Crippen LogP contribution < -0.4 is 10.1 Å². The molecule has 0 radical (unpaired) electrons. The van der Waals surface area contributed by atoms with Crippen molar-refractivity contribution >= 4 is 11.6 Å². The first kappa shape index (κ1) is 17.2. The fourth-order valence-electron chi connectivity index (χ4n) is 2.61. The Morgan fingerprint density at radius 3 is 2.54 bits per heavy atom. The van der Waals surface area contributed by atoms with E-state index in [2.05, 4.69) is 5.32 Å². The van der Waals surface area contributed by atoms with Gasteiger partial charge in [-0.05, 0) is 29.8 Å². The van der Waals surface area contributed by atoms with Crippen LogP contribution in [-0.4, -0.2) is 17.9 Å². The highest BCUT2D eigenvalue weighted by atomic mass is 16.6. The third-order valence-corrected chi connectivity index (χ3v) is 3.87. The number of amides is 1. The van der Waals surface area contributed by atoms with Crippen molar-refractivity contribution in [3.8, 4) is 5.75 Å². The molecule has 26 heavy (non-hydrogen) atoms. The average molecular weight is 352 g/mol. The molecule has 0 saturated heterocycles. The molecule has 0 aliphatic carbocycles. The van der Waals surface area contributed by atoms with Crippen LogP contribution in [0.5, 0.6) is 5.75 Å². The van der Waals surface area contributed by atoms with Gasteiger partial charge < -0.3 is 14.5 Å². The molecule has 0 fully saturated rings. The number of nitro benzene ring substituents is 1. The monoisotopic (exact) mass is 352 g/mol. The van der Waals surface area contributed by atoms with Gasteiger partial charge in [0.1, 0.15) is 11.8 Å². The lowest BCUT2D eigenvalue weighted by Gasteiger charge is -2.17. The van der Waals surface area contributed by atoms with Crippen molar-refractivity contribution < 1.29 is 18.9 Å². The standard InChI is InChI=1S/C19H16N2O5/c1-25-16-10-9-14(12-15(16)21(23)24)19(22)20-18(17-8-5-11-26-17)13-6-3-2-4-7-13/h2-12,18H,1H3,(H,20,22)/t18-/m0/s1. The molecule has 3 rings (SSSR count). The Kier molecular flexibility index (Phi) is 4.98. The lowest BCUT2D eigenvalue weighted by atomic mass is 10.0. The molecule has 1 atom stereocenters. The number of carbonyl (C=O) groups excluding carboxylic acids is 1. The summed E-state index contributed by atoms with van der Waals surface area (Å²) in [6.45, 7) is 0. The van der Waals surface area contributed by atoms with Crippen LogP contribution in [0.25, 0.3) is 0 Å². The molecular formula is C19H16N2O5. The maximum absolute atomic E-state index is 12.7. The summed E-state index contributed by atoms with van der Waals surface area (Å²) in [5.41, 5.74) is 0.721. The Bertz CT molecular complexity index is 907. The number of nitro groups is 1. The van der Waals surface area contributed by atoms with Crippen molar-refractivity contribution in [1.82, 2.24) is 5.32 Å². The highest BCUT2D eigenvalue weighted by molar-refractivity contribution is 5.95. The first-order chi connectivity index (χ1) is 12.6. The molecule has 0 unspecified atom stereocenters. The summed E-state index contributed by atoms with van der Waals surface area (Å²) < 4.78 is 10.4. The van der Waals surface area contributed by atoms with Crippen LogP contribution in [-0.2, 0) is 0 Å². The minimum Gasteiger partial charge on any atom is -0.490 e. The van der Waals surface area contributed by atoms with Gasteiger partial charge in [-0.25, -0.2) is 0 Å². The van der Waals surface area contributed by atoms with Crippen molar-refractivity contribution in [2.45, 2.75) is 6.04 Å². The van der Waals surface area contributed by atoms with Crippen LogP contribution in [0.2, 0.25) is 0 Å². The van der Waals surface area contributed by atoms with Crippen LogP contribution in [0.4, 0.5) is 5.69 Å². The molecule has 0 aliphatic rings. The van der Waals surface area contributed by atoms with E-state index in [1.54, 1.807) is 12.1 Å². The smallest absolute Gasteiger partial charge is 0.311 e. The maximum Gasteiger partial charge on any atom is 0.311 e. The van der Waals surface area contributed by atoms with E-state index in [0.29, 0.717) is 5.76 Å². The summed E-state index contributed by atoms with van der Waals surface area (Å²) in [6, 6.07) is 16.4. The van der Waals surface area contributed by atoms with Crippen molar-refractivity contribution in [2.24, 2.45) is 0 Å². The molecule has 0 bridgehead atoms. The van der Waals surface area contributed by atoms with Gasteiger partial charge in [-0.15, -0.1) is 0 Å². The van der Waals surface area contributed by atoms with Crippen molar-refractivity contribution in [3.63, 3.8) is 0 Å². The van der Waals surface area contributed by atoms with E-state index < -0.39 is 16.9 Å². The molecule has 0 spiro atoms. The quantitative estimate of drug-likeness (QED) is 0.539. The molecule has 3 aromatic rings. The molecule has 1 N–H and O–H groups in total. The summed E-state index contributed by atoms with van der Waals surface area (Å²) in [5, 5.41) is 14.0. The molecule has 7 nitrogen and oxygen atoms in total. The molecule has 1 amide bonds. The fourth-order valence-corrected chi connectivity index (χ4v) is 2.61. The number of methoxy groups -OCH3 is 1. The minimum absolute atomic E-state index is 0.0946. The number of nitrogens with zero attached hydrogens (tertiary/aromatic N) is 1. The van der Waals surface area contributed by atoms with Gasteiger partial charge >= 0.3 is 5.69 Å². The van der Waals surface area contributed by atoms with E-state index in [4.69, 9.17) is 9.15 Å². The number of benzene rings is 2. The third-order valence-electron chi connectivity index (χ3n) is 3.87. The fraction of sp³-hybridized carbons (Fsp3) is 0.105. The van der Waals surface area contributed by atoms with E-state index in [1.165, 1.54) is 31.6 Å². The molecule has 7 heteroatoms. The molecule has 132 valence electrons. The zero-order valence-corrected chi connectivity index (χ0v) is 13.9. The number of rotatable bonds is 6. The van der Waals surface area contributed by atoms with Gasteiger partial charge in [0, 0.05) is 11.6 Å². The van der Waals surface area contributed by atoms with E-state index in [9.17, 15) is 14.9 Å². The summed E-state index contributed by atoms with van der Waals surface area (Å²) in [5.74, 6) is 0.200. The number of nitrogens with one attached hydrogen (secondary N) is 1. The minimum atomic E-state index is -0.586. The van der Waals surface area contributed by atoms with Crippen LogP contribution in [0.3, 0.4) is 0 Å². The number of hydrogen-bond donors (Lipinski definition) is 1. The van der Waals surface area contributed by atoms with Crippen LogP contribution in [0.15, 0.2) is 71.3 Å². The Morgan fingerprint density at radius 1 is 1.15 bits per heavy atom. The molecule has 0 aliphatic heterocycles. The molecule has 0 saturated carbocycles. The Morgan fingerprint density at radius 2 is 1.92 bits per heavy atom. The third kappa shape index (κ3) is 3.56. The second kappa shape index (κ2) is 7.52. The highest BCUT2D eigenvalue weighted by Crippen LogP contribution is 2.28. The van der Waals surface area contributed by atoms with Gasteiger partial charge in [0.2, 0.25) is 0 Å². The molecule has 1 heterocycles. The zero-order chi connectivity index (χ0) is 18.5. The zero-order valence-electron chi connectivity index (χ0n) is 13.9. The maximum atomic E-state index is 12.7. The van der Waals surface area contributed by atoms with Gasteiger partial charge in [0.15, 0.2) is 5.75 Å². The van der Waals surface area contributed by atoms with E-state index in [-0.39, 0.29) is 17.0 Å².